The number of aliphatic hydroxyl groups excluding tert-OH is 1. The first-order valence-corrected chi connectivity index (χ1v) is 10.1. The summed E-state index contributed by atoms with van der Waals surface area (Å²) in [5.74, 6) is -1.79. The number of carbonyl (C=O) groups is 1. The number of aliphatic hydroxyl groups is 1. The van der Waals surface area contributed by atoms with E-state index >= 15 is 0 Å². The number of amides is 1. The summed E-state index contributed by atoms with van der Waals surface area (Å²) in [7, 11) is 0. The molecule has 0 spiro atoms. The summed E-state index contributed by atoms with van der Waals surface area (Å²) >= 11 is 0. The van der Waals surface area contributed by atoms with Crippen molar-refractivity contribution in [2.75, 3.05) is 6.67 Å². The van der Waals surface area contributed by atoms with Crippen molar-refractivity contribution in [1.82, 2.24) is 25.3 Å². The van der Waals surface area contributed by atoms with E-state index in [0.29, 0.717) is 11.3 Å². The predicted octanol–water partition coefficient (Wildman–Crippen LogP) is 3.35. The largest absolute Gasteiger partial charge is 0.388 e. The molecule has 0 unspecified atom stereocenters. The summed E-state index contributed by atoms with van der Waals surface area (Å²) in [5.41, 5.74) is 1.19. The molecule has 0 aliphatic carbocycles. The number of alkyl halides is 1. The van der Waals surface area contributed by atoms with Crippen LogP contribution in [0.2, 0.25) is 0 Å². The average Bonchev–Trinajstić information content (AvgIpc) is 3.51. The van der Waals surface area contributed by atoms with E-state index in [4.69, 9.17) is 0 Å². The normalized spacial score (nSPS) is 13.0. The Balaban J connectivity index is 1.63. The fraction of sp³-hybridized carbons (Fsp3) is 0.174. The third-order valence-corrected chi connectivity index (χ3v) is 5.13. The van der Waals surface area contributed by atoms with Crippen LogP contribution >= 0.6 is 0 Å². The number of nitrogens with one attached hydrogen (secondary N) is 2. The zero-order chi connectivity index (χ0) is 23.4. The van der Waals surface area contributed by atoms with Gasteiger partial charge in [0.05, 0.1) is 35.1 Å². The highest BCUT2D eigenvalue weighted by Crippen LogP contribution is 2.29. The van der Waals surface area contributed by atoms with Crippen molar-refractivity contribution in [2.24, 2.45) is 0 Å². The van der Waals surface area contributed by atoms with Crippen LogP contribution in [-0.2, 0) is 6.54 Å². The summed E-state index contributed by atoms with van der Waals surface area (Å²) in [5, 5.41) is 23.5. The Bertz CT molecular complexity index is 1230. The van der Waals surface area contributed by atoms with E-state index in [0.717, 1.165) is 0 Å². The van der Waals surface area contributed by atoms with Gasteiger partial charge in [-0.15, -0.1) is 0 Å². The first kappa shape index (κ1) is 22.3. The van der Waals surface area contributed by atoms with Gasteiger partial charge in [0.25, 0.3) is 5.91 Å². The molecule has 2 atom stereocenters. The van der Waals surface area contributed by atoms with Gasteiger partial charge in [-0.25, -0.2) is 13.2 Å². The van der Waals surface area contributed by atoms with E-state index in [2.05, 4.69) is 20.6 Å². The van der Waals surface area contributed by atoms with E-state index in [1.54, 1.807) is 30.5 Å². The molecule has 10 heteroatoms. The van der Waals surface area contributed by atoms with Gasteiger partial charge in [-0.3, -0.25) is 14.6 Å². The zero-order valence-corrected chi connectivity index (χ0v) is 17.3. The lowest BCUT2D eigenvalue weighted by molar-refractivity contribution is 0.0719. The van der Waals surface area contributed by atoms with Crippen LogP contribution in [0.1, 0.15) is 10.4 Å². The van der Waals surface area contributed by atoms with E-state index in [-0.39, 0.29) is 23.4 Å². The highest BCUT2D eigenvalue weighted by Gasteiger charge is 2.26. The fourth-order valence-corrected chi connectivity index (χ4v) is 3.43. The van der Waals surface area contributed by atoms with Gasteiger partial charge >= 0.3 is 0 Å². The maximum Gasteiger partial charge on any atom is 0.252 e. The Kier molecular flexibility index (Phi) is 6.55. The van der Waals surface area contributed by atoms with Crippen LogP contribution in [-0.4, -0.2) is 49.8 Å². The van der Waals surface area contributed by atoms with Crippen molar-refractivity contribution < 1.29 is 23.1 Å². The molecule has 7 nitrogen and oxygen atoms in total. The molecule has 170 valence electrons. The number of nitrogens with zero attached hydrogens (tertiary/aromatic N) is 3. The van der Waals surface area contributed by atoms with Crippen molar-refractivity contribution in [2.45, 2.75) is 18.7 Å². The van der Waals surface area contributed by atoms with Crippen LogP contribution < -0.4 is 5.32 Å². The van der Waals surface area contributed by atoms with Crippen LogP contribution in [0.25, 0.3) is 22.5 Å². The van der Waals surface area contributed by atoms with Crippen LogP contribution in [0.4, 0.5) is 13.2 Å². The number of carbonyl (C=O) groups excluding carboxylic acids is 1. The molecular formula is C23H20F3N5O2. The highest BCUT2D eigenvalue weighted by molar-refractivity contribution is 6.01. The molecule has 0 radical (unpaired) electrons. The highest BCUT2D eigenvalue weighted by atomic mass is 19.1. The molecule has 0 fully saturated rings. The quantitative estimate of drug-likeness (QED) is 0.380. The standard InChI is InChI=1S/C23H20F3N5O2/c24-12-21(32)20(13-31-10-2-9-27-31)28-23(33)16-3-1-4-17(26)22(16)19-11-18(29-30-19)14-5-7-15(25)8-6-14/h1-11,20-21,32H,12-13H2,(H,28,33)(H,29,30)/t20-,21-/m1/s1. The SMILES string of the molecule is O=C(N[C@H](Cn1cccn1)[C@H](O)CF)c1cccc(F)c1-c1cc(-c2ccc(F)cc2)[nH]n1. The second-order valence-corrected chi connectivity index (χ2v) is 7.37. The molecule has 0 aliphatic heterocycles. The van der Waals surface area contributed by atoms with Gasteiger partial charge in [0, 0.05) is 12.4 Å². The van der Waals surface area contributed by atoms with E-state index in [1.807, 2.05) is 0 Å². The molecule has 33 heavy (non-hydrogen) atoms. The second-order valence-electron chi connectivity index (χ2n) is 7.37. The van der Waals surface area contributed by atoms with Gasteiger partial charge in [-0.05, 0) is 54.1 Å². The first-order valence-electron chi connectivity index (χ1n) is 10.1. The van der Waals surface area contributed by atoms with Crippen LogP contribution in [0.5, 0.6) is 0 Å². The van der Waals surface area contributed by atoms with E-state index in [9.17, 15) is 23.1 Å². The minimum atomic E-state index is -1.48. The smallest absolute Gasteiger partial charge is 0.252 e. The van der Waals surface area contributed by atoms with Gasteiger partial charge < -0.3 is 10.4 Å². The summed E-state index contributed by atoms with van der Waals surface area (Å²) in [4.78, 5) is 13.0. The lowest BCUT2D eigenvalue weighted by atomic mass is 10.0. The molecule has 2 aromatic carbocycles. The van der Waals surface area contributed by atoms with Gasteiger partial charge in [0.1, 0.15) is 24.4 Å². The molecule has 3 N–H and O–H groups in total. The zero-order valence-electron chi connectivity index (χ0n) is 17.3. The molecule has 2 aromatic heterocycles. The third-order valence-electron chi connectivity index (χ3n) is 5.13. The van der Waals surface area contributed by atoms with Gasteiger partial charge in [-0.2, -0.15) is 10.2 Å². The minimum Gasteiger partial charge on any atom is -0.388 e. The lowest BCUT2D eigenvalue weighted by Gasteiger charge is -2.23. The maximum atomic E-state index is 14.8. The second kappa shape index (κ2) is 9.70. The molecule has 0 saturated carbocycles. The molecule has 0 bridgehead atoms. The first-order chi connectivity index (χ1) is 16.0. The van der Waals surface area contributed by atoms with Gasteiger partial charge in [-0.1, -0.05) is 6.07 Å². The number of H-pyrrole nitrogens is 1. The topological polar surface area (TPSA) is 95.8 Å². The Hall–Kier alpha value is -3.92. The number of aromatic nitrogens is 4. The number of hydrogen-bond acceptors (Lipinski definition) is 4. The van der Waals surface area contributed by atoms with Crippen molar-refractivity contribution in [3.05, 3.63) is 84.2 Å². The summed E-state index contributed by atoms with van der Waals surface area (Å²) < 4.78 is 42.7. The van der Waals surface area contributed by atoms with E-state index < -0.39 is 36.4 Å². The van der Waals surface area contributed by atoms with Crippen molar-refractivity contribution in [1.29, 1.82) is 0 Å². The Morgan fingerprint density at radius 2 is 1.94 bits per heavy atom. The molecule has 0 saturated heterocycles. The minimum absolute atomic E-state index is 0.0194. The maximum absolute atomic E-state index is 14.8. The third kappa shape index (κ3) is 4.96. The molecule has 4 aromatic rings. The Labute approximate surface area is 186 Å². The van der Waals surface area contributed by atoms with Crippen LogP contribution in [0, 0.1) is 11.6 Å². The number of benzene rings is 2. The monoisotopic (exact) mass is 455 g/mol. The van der Waals surface area contributed by atoms with Crippen LogP contribution in [0.15, 0.2) is 67.0 Å². The van der Waals surface area contributed by atoms with Gasteiger partial charge in [0.2, 0.25) is 0 Å². The van der Waals surface area contributed by atoms with Crippen molar-refractivity contribution in [3.63, 3.8) is 0 Å². The fourth-order valence-electron chi connectivity index (χ4n) is 3.43. The number of aromatic amines is 1. The Morgan fingerprint density at radius 3 is 2.64 bits per heavy atom. The van der Waals surface area contributed by atoms with Crippen LogP contribution in [0.3, 0.4) is 0 Å². The van der Waals surface area contributed by atoms with Crippen molar-refractivity contribution in [3.8, 4) is 22.5 Å². The molecule has 4 rings (SSSR count). The number of rotatable bonds is 8. The lowest BCUT2D eigenvalue weighted by Crippen LogP contribution is -2.47. The van der Waals surface area contributed by atoms with E-state index in [1.165, 1.54) is 41.2 Å². The molecule has 1 amide bonds. The molecular weight excluding hydrogens is 435 g/mol. The summed E-state index contributed by atoms with van der Waals surface area (Å²) in [6.45, 7) is -1.06. The van der Waals surface area contributed by atoms with Gasteiger partial charge in [0.15, 0.2) is 0 Å². The average molecular weight is 455 g/mol. The number of halogens is 3. The summed E-state index contributed by atoms with van der Waals surface area (Å²) in [6.07, 6.45) is 1.64. The summed E-state index contributed by atoms with van der Waals surface area (Å²) in [6, 6.07) is 11.8. The predicted molar refractivity (Wildman–Crippen MR) is 115 cm³/mol. The molecule has 0 aliphatic rings. The molecule has 2 heterocycles. The van der Waals surface area contributed by atoms with Crippen molar-refractivity contribution >= 4 is 5.91 Å². The number of hydrogen-bond donors (Lipinski definition) is 3. The Morgan fingerprint density at radius 1 is 1.15 bits per heavy atom.